The van der Waals surface area contributed by atoms with Gasteiger partial charge in [0.15, 0.2) is 9.84 Å². The van der Waals surface area contributed by atoms with Crippen molar-refractivity contribution < 1.29 is 18.0 Å². The molecule has 2 aromatic heterocycles. The third kappa shape index (κ3) is 5.87. The first kappa shape index (κ1) is 24.7. The molecule has 1 aliphatic rings. The zero-order chi connectivity index (χ0) is 25.8. The lowest BCUT2D eigenvalue weighted by molar-refractivity contribution is -0.118. The molecule has 10 heteroatoms. The van der Waals surface area contributed by atoms with E-state index in [1.165, 1.54) is 11.3 Å². The molecule has 1 unspecified atom stereocenters. The van der Waals surface area contributed by atoms with Crippen LogP contribution < -0.4 is 10.6 Å². The number of sulfone groups is 1. The molecule has 0 spiro atoms. The minimum absolute atomic E-state index is 0.00330. The van der Waals surface area contributed by atoms with Crippen molar-refractivity contribution >= 4 is 39.1 Å². The molecule has 188 valence electrons. The maximum absolute atomic E-state index is 13.3. The number of hydrogen-bond donors (Lipinski definition) is 2. The Kier molecular flexibility index (Phi) is 7.02. The average molecular weight is 533 g/mol. The van der Waals surface area contributed by atoms with E-state index in [9.17, 15) is 18.0 Å². The maximum atomic E-state index is 13.3. The monoisotopic (exact) mass is 532 g/mol. The number of carbonyl (C=O) groups is 2. The third-order valence-corrected chi connectivity index (χ3v) is 8.56. The number of hydrogen-bond acceptors (Lipinski definition) is 6. The molecule has 5 rings (SSSR count). The number of benzene rings is 2. The molecule has 1 fully saturated rings. The number of para-hydroxylation sites is 1. The maximum Gasteiger partial charge on any atom is 0.268 e. The van der Waals surface area contributed by atoms with Crippen LogP contribution >= 0.6 is 11.3 Å². The zero-order valence-electron chi connectivity index (χ0n) is 19.7. The molecule has 0 radical (unpaired) electrons. The highest BCUT2D eigenvalue weighted by molar-refractivity contribution is 7.91. The number of thiophene rings is 1. The van der Waals surface area contributed by atoms with Crippen LogP contribution in [0.1, 0.15) is 22.3 Å². The van der Waals surface area contributed by atoms with E-state index in [-0.39, 0.29) is 17.2 Å². The molecule has 1 atom stereocenters. The second-order valence-electron chi connectivity index (χ2n) is 8.64. The van der Waals surface area contributed by atoms with Gasteiger partial charge in [0.1, 0.15) is 11.4 Å². The molecule has 1 saturated heterocycles. The highest BCUT2D eigenvalue weighted by atomic mass is 32.2. The van der Waals surface area contributed by atoms with Crippen molar-refractivity contribution in [1.82, 2.24) is 20.4 Å². The van der Waals surface area contributed by atoms with Crippen molar-refractivity contribution in [2.75, 3.05) is 11.5 Å². The summed E-state index contributed by atoms with van der Waals surface area (Å²) in [5, 5.41) is 12.2. The van der Waals surface area contributed by atoms with Crippen LogP contribution in [0.3, 0.4) is 0 Å². The van der Waals surface area contributed by atoms with Crippen LogP contribution in [-0.4, -0.2) is 47.6 Å². The van der Waals surface area contributed by atoms with E-state index < -0.39 is 27.7 Å². The average Bonchev–Trinajstić information content (AvgIpc) is 3.65. The Balaban J connectivity index is 1.54. The van der Waals surface area contributed by atoms with Crippen molar-refractivity contribution in [3.63, 3.8) is 0 Å². The molecule has 0 bridgehead atoms. The van der Waals surface area contributed by atoms with E-state index in [0.717, 1.165) is 10.6 Å². The van der Waals surface area contributed by atoms with Crippen molar-refractivity contribution in [3.8, 4) is 16.3 Å². The van der Waals surface area contributed by atoms with Gasteiger partial charge in [-0.15, -0.1) is 11.3 Å². The summed E-state index contributed by atoms with van der Waals surface area (Å²) in [5.41, 5.74) is 2.52. The first-order chi connectivity index (χ1) is 17.9. The highest BCUT2D eigenvalue weighted by Gasteiger charge is 2.30. The number of nitrogens with one attached hydrogen (secondary N) is 2. The fraction of sp³-hybridized carbons (Fsp3) is 0.148. The normalized spacial score (nSPS) is 16.9. The molecule has 3 heterocycles. The number of nitrogens with zero attached hydrogens (tertiary/aromatic N) is 2. The lowest BCUT2D eigenvalue weighted by Gasteiger charge is -2.14. The van der Waals surface area contributed by atoms with Crippen LogP contribution in [0.4, 0.5) is 0 Å². The van der Waals surface area contributed by atoms with E-state index in [2.05, 4.69) is 10.6 Å². The van der Waals surface area contributed by atoms with Crippen molar-refractivity contribution in [1.29, 1.82) is 0 Å². The summed E-state index contributed by atoms with van der Waals surface area (Å²) < 4.78 is 25.5. The molecular weight excluding hydrogens is 508 g/mol. The summed E-state index contributed by atoms with van der Waals surface area (Å²) in [5.74, 6) is -1.10. The Hall–Kier alpha value is -4.02. The Morgan fingerprint density at radius 2 is 1.73 bits per heavy atom. The van der Waals surface area contributed by atoms with Crippen molar-refractivity contribution in [2.24, 2.45) is 0 Å². The zero-order valence-corrected chi connectivity index (χ0v) is 21.3. The molecule has 2 amide bonds. The molecule has 2 N–H and O–H groups in total. The van der Waals surface area contributed by atoms with E-state index in [4.69, 9.17) is 5.10 Å². The minimum atomic E-state index is -3.19. The second kappa shape index (κ2) is 10.5. The number of rotatable bonds is 7. The number of carbonyl (C=O) groups excluding carboxylic acids is 2. The van der Waals surface area contributed by atoms with Crippen molar-refractivity contribution in [2.45, 2.75) is 12.5 Å². The van der Waals surface area contributed by atoms with E-state index >= 15 is 0 Å². The second-order valence-corrected chi connectivity index (χ2v) is 11.8. The van der Waals surface area contributed by atoms with Crippen LogP contribution in [0, 0.1) is 0 Å². The largest absolute Gasteiger partial charge is 0.347 e. The van der Waals surface area contributed by atoms with Gasteiger partial charge in [0, 0.05) is 23.4 Å². The van der Waals surface area contributed by atoms with E-state index in [1.807, 2.05) is 47.8 Å². The molecule has 0 aliphatic carbocycles. The smallest absolute Gasteiger partial charge is 0.268 e. The van der Waals surface area contributed by atoms with Gasteiger partial charge in [-0.3, -0.25) is 9.59 Å². The molecule has 37 heavy (non-hydrogen) atoms. The fourth-order valence-electron chi connectivity index (χ4n) is 4.08. The summed E-state index contributed by atoms with van der Waals surface area (Å²) in [6, 6.07) is 21.5. The van der Waals surface area contributed by atoms with Crippen molar-refractivity contribution in [3.05, 3.63) is 101 Å². The van der Waals surface area contributed by atoms with Gasteiger partial charge in [-0.2, -0.15) is 5.10 Å². The van der Waals surface area contributed by atoms with Crippen LogP contribution in [0.15, 0.2) is 90.1 Å². The van der Waals surface area contributed by atoms with Gasteiger partial charge in [-0.05, 0) is 48.2 Å². The Labute approximate surface area is 218 Å². The van der Waals surface area contributed by atoms with Crippen LogP contribution in [0.5, 0.6) is 0 Å². The molecule has 0 saturated carbocycles. The van der Waals surface area contributed by atoms with Gasteiger partial charge in [0.25, 0.3) is 11.8 Å². The van der Waals surface area contributed by atoms with Gasteiger partial charge in [-0.25, -0.2) is 13.1 Å². The van der Waals surface area contributed by atoms with Gasteiger partial charge in [-0.1, -0.05) is 42.5 Å². The van der Waals surface area contributed by atoms with Gasteiger partial charge in [0.2, 0.25) is 0 Å². The quantitative estimate of drug-likeness (QED) is 0.353. The fourth-order valence-corrected chi connectivity index (χ4v) is 6.49. The Bertz CT molecular complexity index is 1540. The third-order valence-electron chi connectivity index (χ3n) is 5.91. The van der Waals surface area contributed by atoms with Gasteiger partial charge >= 0.3 is 0 Å². The Morgan fingerprint density at radius 3 is 2.38 bits per heavy atom. The highest BCUT2D eigenvalue weighted by Crippen LogP contribution is 2.29. The van der Waals surface area contributed by atoms with E-state index in [0.29, 0.717) is 23.2 Å². The Morgan fingerprint density at radius 1 is 1.00 bits per heavy atom. The summed E-state index contributed by atoms with van der Waals surface area (Å²) in [7, 11) is -3.19. The molecular formula is C27H24N4O4S2. The summed E-state index contributed by atoms with van der Waals surface area (Å²) in [6.07, 6.45) is 3.72. The summed E-state index contributed by atoms with van der Waals surface area (Å²) in [6.45, 7) is 0. The molecule has 8 nitrogen and oxygen atoms in total. The lowest BCUT2D eigenvalue weighted by atomic mass is 10.1. The number of aromatic nitrogens is 2. The standard InChI is InChI=1S/C27H24N4O4S2/c32-26(19-8-3-1-4-9-19)29-23(27(33)28-21-13-15-37(34,35)18-21)16-20-17-31(22-10-5-2-6-11-22)30-25(20)24-12-7-14-36-24/h1-12,14,16-17,21H,13,15,18H2,(H,28,33)(H,29,32). The molecule has 4 aromatic rings. The molecule has 1 aliphatic heterocycles. The van der Waals surface area contributed by atoms with Crippen LogP contribution in [-0.2, 0) is 14.6 Å². The summed E-state index contributed by atoms with van der Waals surface area (Å²) in [4.78, 5) is 27.2. The first-order valence-electron chi connectivity index (χ1n) is 11.7. The summed E-state index contributed by atoms with van der Waals surface area (Å²) >= 11 is 1.51. The van der Waals surface area contributed by atoms with E-state index in [1.54, 1.807) is 47.3 Å². The topological polar surface area (TPSA) is 110 Å². The predicted octanol–water partition coefficient (Wildman–Crippen LogP) is 3.68. The molecule has 2 aromatic carbocycles. The SMILES string of the molecule is O=C(NC1CCS(=O)(=O)C1)C(=Cc1cn(-c2ccccc2)nc1-c1cccs1)NC(=O)c1ccccc1. The first-order valence-corrected chi connectivity index (χ1v) is 14.4. The minimum Gasteiger partial charge on any atom is -0.347 e. The van der Waals surface area contributed by atoms with Gasteiger partial charge < -0.3 is 10.6 Å². The van der Waals surface area contributed by atoms with Crippen LogP contribution in [0.25, 0.3) is 22.3 Å². The van der Waals surface area contributed by atoms with Crippen LogP contribution in [0.2, 0.25) is 0 Å². The predicted molar refractivity (Wildman–Crippen MR) is 144 cm³/mol. The lowest BCUT2D eigenvalue weighted by Crippen LogP contribution is -2.41. The number of amides is 2. The van der Waals surface area contributed by atoms with Gasteiger partial charge in [0.05, 0.1) is 22.1 Å².